The number of nitrogens with two attached hydrogens (primary N) is 1. The molecular formula is C16H21BrN6. The maximum atomic E-state index is 6.23. The van der Waals surface area contributed by atoms with Gasteiger partial charge in [0, 0.05) is 16.7 Å². The lowest BCUT2D eigenvalue weighted by Crippen LogP contribution is -2.20. The van der Waals surface area contributed by atoms with E-state index in [1.54, 1.807) is 6.20 Å². The second-order valence-electron chi connectivity index (χ2n) is 5.80. The Morgan fingerprint density at radius 1 is 1.00 bits per heavy atom. The molecule has 0 radical (unpaired) electrons. The standard InChI is InChI=1S/C16H21BrN6/c17-11-7-8-13(19-9-11)23-16-14(18)15(20-10-21-16)22-12-5-3-1-2-4-6-12/h7-10,12H,1-6,18H2,(H2,19,20,21,22,23). The lowest BCUT2D eigenvalue weighted by Gasteiger charge is -2.19. The molecule has 1 aliphatic rings. The molecule has 3 rings (SSSR count). The van der Waals surface area contributed by atoms with Crippen LogP contribution in [0.4, 0.5) is 23.1 Å². The highest BCUT2D eigenvalue weighted by Gasteiger charge is 2.15. The zero-order chi connectivity index (χ0) is 16.1. The van der Waals surface area contributed by atoms with E-state index < -0.39 is 0 Å². The molecule has 0 atom stereocenters. The van der Waals surface area contributed by atoms with Gasteiger partial charge < -0.3 is 16.4 Å². The Balaban J connectivity index is 1.73. The second-order valence-corrected chi connectivity index (χ2v) is 6.72. The van der Waals surface area contributed by atoms with Crippen molar-refractivity contribution in [2.75, 3.05) is 16.4 Å². The molecular weight excluding hydrogens is 356 g/mol. The highest BCUT2D eigenvalue weighted by molar-refractivity contribution is 9.10. The number of hydrogen-bond acceptors (Lipinski definition) is 6. The topological polar surface area (TPSA) is 88.8 Å². The third-order valence-electron chi connectivity index (χ3n) is 4.05. The molecule has 2 aromatic heterocycles. The van der Waals surface area contributed by atoms with Crippen molar-refractivity contribution in [3.8, 4) is 0 Å². The highest BCUT2D eigenvalue weighted by Crippen LogP contribution is 2.28. The summed E-state index contributed by atoms with van der Waals surface area (Å²) in [6, 6.07) is 4.22. The molecule has 1 fully saturated rings. The van der Waals surface area contributed by atoms with Crippen LogP contribution >= 0.6 is 15.9 Å². The number of hydrogen-bond donors (Lipinski definition) is 3. The molecule has 0 unspecified atom stereocenters. The van der Waals surface area contributed by atoms with Crippen LogP contribution in [0.2, 0.25) is 0 Å². The first kappa shape index (κ1) is 16.0. The molecule has 6 nitrogen and oxygen atoms in total. The normalized spacial score (nSPS) is 15.9. The molecule has 0 bridgehead atoms. The summed E-state index contributed by atoms with van der Waals surface area (Å²) < 4.78 is 0.925. The van der Waals surface area contributed by atoms with Gasteiger partial charge in [-0.15, -0.1) is 0 Å². The molecule has 0 saturated heterocycles. The summed E-state index contributed by atoms with van der Waals surface area (Å²) in [5.74, 6) is 1.97. The Hall–Kier alpha value is -1.89. The molecule has 23 heavy (non-hydrogen) atoms. The van der Waals surface area contributed by atoms with Gasteiger partial charge in [-0.05, 0) is 40.9 Å². The fourth-order valence-electron chi connectivity index (χ4n) is 2.80. The van der Waals surface area contributed by atoms with Gasteiger partial charge in [-0.2, -0.15) is 0 Å². The van der Waals surface area contributed by atoms with Crippen molar-refractivity contribution in [3.63, 3.8) is 0 Å². The van der Waals surface area contributed by atoms with Crippen molar-refractivity contribution >= 4 is 39.1 Å². The number of nitrogens with one attached hydrogen (secondary N) is 2. The first-order valence-corrected chi connectivity index (χ1v) is 8.77. The maximum Gasteiger partial charge on any atom is 0.160 e. The average molecular weight is 377 g/mol. The van der Waals surface area contributed by atoms with Crippen LogP contribution < -0.4 is 16.4 Å². The summed E-state index contributed by atoms with van der Waals surface area (Å²) in [5.41, 5.74) is 6.76. The van der Waals surface area contributed by atoms with Crippen molar-refractivity contribution in [1.29, 1.82) is 0 Å². The van der Waals surface area contributed by atoms with Crippen molar-refractivity contribution in [2.24, 2.45) is 0 Å². The fraction of sp³-hybridized carbons (Fsp3) is 0.438. The highest BCUT2D eigenvalue weighted by atomic mass is 79.9. The molecule has 7 heteroatoms. The number of halogens is 1. The quantitative estimate of drug-likeness (QED) is 0.696. The van der Waals surface area contributed by atoms with E-state index in [9.17, 15) is 0 Å². The van der Waals surface area contributed by atoms with Gasteiger partial charge in [0.1, 0.15) is 17.8 Å². The smallest absolute Gasteiger partial charge is 0.160 e. The summed E-state index contributed by atoms with van der Waals surface area (Å²) >= 11 is 3.37. The van der Waals surface area contributed by atoms with Crippen LogP contribution in [-0.4, -0.2) is 21.0 Å². The lowest BCUT2D eigenvalue weighted by atomic mass is 10.1. The van der Waals surface area contributed by atoms with Gasteiger partial charge in [0.05, 0.1) is 0 Å². The fourth-order valence-corrected chi connectivity index (χ4v) is 3.03. The third-order valence-corrected chi connectivity index (χ3v) is 4.52. The van der Waals surface area contributed by atoms with Crippen LogP contribution in [0.3, 0.4) is 0 Å². The molecule has 1 aliphatic carbocycles. The molecule has 2 heterocycles. The van der Waals surface area contributed by atoms with Gasteiger partial charge in [-0.1, -0.05) is 25.7 Å². The lowest BCUT2D eigenvalue weighted by molar-refractivity contribution is 0.618. The summed E-state index contributed by atoms with van der Waals surface area (Å²) in [6.07, 6.45) is 10.7. The first-order chi connectivity index (χ1) is 11.2. The van der Waals surface area contributed by atoms with E-state index in [1.165, 1.54) is 44.9 Å². The molecule has 122 valence electrons. The van der Waals surface area contributed by atoms with Gasteiger partial charge in [-0.25, -0.2) is 15.0 Å². The number of rotatable bonds is 4. The predicted molar refractivity (Wildman–Crippen MR) is 96.8 cm³/mol. The first-order valence-electron chi connectivity index (χ1n) is 7.98. The summed E-state index contributed by atoms with van der Waals surface area (Å²) in [7, 11) is 0. The van der Waals surface area contributed by atoms with E-state index in [-0.39, 0.29) is 0 Å². The Bertz CT molecular complexity index is 638. The van der Waals surface area contributed by atoms with Crippen LogP contribution in [0.5, 0.6) is 0 Å². The van der Waals surface area contributed by atoms with E-state index in [0.29, 0.717) is 29.2 Å². The van der Waals surface area contributed by atoms with Crippen molar-refractivity contribution in [3.05, 3.63) is 29.1 Å². The zero-order valence-electron chi connectivity index (χ0n) is 12.9. The van der Waals surface area contributed by atoms with Crippen LogP contribution in [-0.2, 0) is 0 Å². The van der Waals surface area contributed by atoms with Crippen molar-refractivity contribution < 1.29 is 0 Å². The van der Waals surface area contributed by atoms with E-state index >= 15 is 0 Å². The Morgan fingerprint density at radius 2 is 1.74 bits per heavy atom. The average Bonchev–Trinajstić information content (AvgIpc) is 2.82. The summed E-state index contributed by atoms with van der Waals surface area (Å²) in [4.78, 5) is 12.8. The monoisotopic (exact) mass is 376 g/mol. The predicted octanol–water partition coefficient (Wildman–Crippen LogP) is 4.09. The van der Waals surface area contributed by atoms with Crippen LogP contribution in [0.25, 0.3) is 0 Å². The number of nitrogens with zero attached hydrogens (tertiary/aromatic N) is 3. The van der Waals surface area contributed by atoms with Crippen molar-refractivity contribution in [1.82, 2.24) is 15.0 Å². The van der Waals surface area contributed by atoms with Crippen LogP contribution in [0.15, 0.2) is 29.1 Å². The van der Waals surface area contributed by atoms with Gasteiger partial charge >= 0.3 is 0 Å². The third kappa shape index (κ3) is 4.31. The molecule has 2 aromatic rings. The van der Waals surface area contributed by atoms with Crippen LogP contribution in [0, 0.1) is 0 Å². The minimum absolute atomic E-state index is 0.438. The minimum atomic E-state index is 0.438. The number of nitrogen functional groups attached to an aromatic ring is 1. The van der Waals surface area contributed by atoms with Gasteiger partial charge in [0.25, 0.3) is 0 Å². The SMILES string of the molecule is Nc1c(Nc2ccc(Br)cn2)ncnc1NC1CCCCCC1. The van der Waals surface area contributed by atoms with Crippen LogP contribution in [0.1, 0.15) is 38.5 Å². The molecule has 0 aromatic carbocycles. The van der Waals surface area contributed by atoms with Gasteiger partial charge in [0.15, 0.2) is 11.6 Å². The van der Waals surface area contributed by atoms with Gasteiger partial charge in [0.2, 0.25) is 0 Å². The molecule has 1 saturated carbocycles. The van der Waals surface area contributed by atoms with E-state index in [1.807, 2.05) is 12.1 Å². The Kier molecular flexibility index (Phi) is 5.27. The molecule has 0 amide bonds. The van der Waals surface area contributed by atoms with E-state index in [2.05, 4.69) is 41.5 Å². The maximum absolute atomic E-state index is 6.23. The minimum Gasteiger partial charge on any atom is -0.393 e. The molecule has 0 spiro atoms. The zero-order valence-corrected chi connectivity index (χ0v) is 14.5. The van der Waals surface area contributed by atoms with E-state index in [4.69, 9.17) is 5.73 Å². The molecule has 0 aliphatic heterocycles. The summed E-state index contributed by atoms with van der Waals surface area (Å²) in [6.45, 7) is 0. The molecule has 4 N–H and O–H groups in total. The second kappa shape index (κ2) is 7.59. The Labute approximate surface area is 144 Å². The van der Waals surface area contributed by atoms with Crippen molar-refractivity contribution in [2.45, 2.75) is 44.6 Å². The largest absolute Gasteiger partial charge is 0.393 e. The Morgan fingerprint density at radius 3 is 2.43 bits per heavy atom. The van der Waals surface area contributed by atoms with E-state index in [0.717, 1.165) is 4.47 Å². The number of anilines is 4. The summed E-state index contributed by atoms with van der Waals surface area (Å²) in [5, 5.41) is 6.62. The van der Waals surface area contributed by atoms with Gasteiger partial charge in [-0.3, -0.25) is 0 Å². The number of pyridine rings is 1. The number of aromatic nitrogens is 3.